The summed E-state index contributed by atoms with van der Waals surface area (Å²) in [7, 11) is 0. The van der Waals surface area contributed by atoms with Gasteiger partial charge in [0.15, 0.2) is 0 Å². The maximum Gasteiger partial charge on any atom is 0.252 e. The Labute approximate surface area is 118 Å². The van der Waals surface area contributed by atoms with Crippen LogP contribution in [-0.4, -0.2) is 11.5 Å². The van der Waals surface area contributed by atoms with Crippen molar-refractivity contribution in [1.82, 2.24) is 10.3 Å². The molecular formula is C17H20N2O. The van der Waals surface area contributed by atoms with E-state index in [1.165, 1.54) is 19.3 Å². The van der Waals surface area contributed by atoms with E-state index in [0.29, 0.717) is 6.54 Å². The predicted molar refractivity (Wildman–Crippen MR) is 82.8 cm³/mol. The number of rotatable bonds is 5. The smallest absolute Gasteiger partial charge is 0.252 e. The van der Waals surface area contributed by atoms with Crippen LogP contribution in [0.15, 0.2) is 46.8 Å². The molecule has 1 aliphatic carbocycles. The van der Waals surface area contributed by atoms with Crippen molar-refractivity contribution in [3.8, 4) is 0 Å². The van der Waals surface area contributed by atoms with Crippen molar-refractivity contribution in [1.29, 1.82) is 0 Å². The van der Waals surface area contributed by atoms with Crippen LogP contribution in [0.2, 0.25) is 0 Å². The van der Waals surface area contributed by atoms with E-state index >= 15 is 0 Å². The zero-order chi connectivity index (χ0) is 13.8. The average molecular weight is 268 g/mol. The maximum absolute atomic E-state index is 12.0. The quantitative estimate of drug-likeness (QED) is 0.646. The van der Waals surface area contributed by atoms with E-state index in [1.54, 1.807) is 5.57 Å². The van der Waals surface area contributed by atoms with Crippen molar-refractivity contribution in [2.24, 2.45) is 0 Å². The Balaban J connectivity index is 1.62. The molecule has 1 aromatic heterocycles. The first-order valence-corrected chi connectivity index (χ1v) is 7.32. The van der Waals surface area contributed by atoms with Gasteiger partial charge in [0, 0.05) is 17.6 Å². The summed E-state index contributed by atoms with van der Waals surface area (Å²) in [5.41, 5.74) is 3.28. The van der Waals surface area contributed by atoms with Gasteiger partial charge in [-0.25, -0.2) is 0 Å². The summed E-state index contributed by atoms with van der Waals surface area (Å²) in [5.74, 6) is 0. The van der Waals surface area contributed by atoms with Crippen LogP contribution in [0.1, 0.15) is 31.2 Å². The number of fused-ring (bicyclic) bond motifs is 1. The largest absolute Gasteiger partial charge is 0.322 e. The molecule has 1 aromatic carbocycles. The number of allylic oxidation sites excluding steroid dienone is 1. The first-order valence-electron chi connectivity index (χ1n) is 7.32. The summed E-state index contributed by atoms with van der Waals surface area (Å²) in [6.45, 7) is 1.57. The van der Waals surface area contributed by atoms with Gasteiger partial charge in [0.25, 0.3) is 5.56 Å². The Hall–Kier alpha value is -1.87. The van der Waals surface area contributed by atoms with E-state index in [9.17, 15) is 4.79 Å². The molecule has 20 heavy (non-hydrogen) atoms. The number of benzene rings is 1. The van der Waals surface area contributed by atoms with Crippen molar-refractivity contribution in [2.75, 3.05) is 6.54 Å². The summed E-state index contributed by atoms with van der Waals surface area (Å²) in [6, 6.07) is 9.87. The van der Waals surface area contributed by atoms with Gasteiger partial charge in [0.2, 0.25) is 0 Å². The minimum atomic E-state index is 0.0104. The average Bonchev–Trinajstić information content (AvgIpc) is 2.97. The fraction of sp³-hybridized carbons (Fsp3) is 0.353. The van der Waals surface area contributed by atoms with Crippen molar-refractivity contribution in [3.63, 3.8) is 0 Å². The van der Waals surface area contributed by atoms with Gasteiger partial charge in [-0.15, -0.1) is 0 Å². The normalized spacial score (nSPS) is 14.7. The molecule has 0 aliphatic heterocycles. The molecule has 3 nitrogen and oxygen atoms in total. The minimum Gasteiger partial charge on any atom is -0.322 e. The van der Waals surface area contributed by atoms with Gasteiger partial charge >= 0.3 is 0 Å². The Morgan fingerprint density at radius 2 is 2.15 bits per heavy atom. The van der Waals surface area contributed by atoms with Crippen molar-refractivity contribution < 1.29 is 0 Å². The molecular weight excluding hydrogens is 248 g/mol. The molecule has 0 unspecified atom stereocenters. The van der Waals surface area contributed by atoms with Crippen LogP contribution in [-0.2, 0) is 6.54 Å². The van der Waals surface area contributed by atoms with Gasteiger partial charge in [0.05, 0.1) is 0 Å². The second-order valence-electron chi connectivity index (χ2n) is 5.39. The van der Waals surface area contributed by atoms with E-state index < -0.39 is 0 Å². The van der Waals surface area contributed by atoms with Gasteiger partial charge in [-0.05, 0) is 49.7 Å². The van der Waals surface area contributed by atoms with E-state index in [-0.39, 0.29) is 5.56 Å². The topological polar surface area (TPSA) is 44.9 Å². The monoisotopic (exact) mass is 268 g/mol. The standard InChI is InChI=1S/C17H20N2O/c20-17-15(11-14-7-3-4-8-16(14)19-17)12-18-10-9-13-5-1-2-6-13/h3-5,7-8,11,18H,1-2,6,9-10,12H2,(H,19,20). The van der Waals surface area contributed by atoms with E-state index in [1.807, 2.05) is 30.3 Å². The summed E-state index contributed by atoms with van der Waals surface area (Å²) in [4.78, 5) is 14.9. The molecule has 2 N–H and O–H groups in total. The van der Waals surface area contributed by atoms with Crippen LogP contribution in [0.4, 0.5) is 0 Å². The first kappa shape index (κ1) is 13.1. The second-order valence-corrected chi connectivity index (χ2v) is 5.39. The molecule has 104 valence electrons. The van der Waals surface area contributed by atoms with Crippen LogP contribution in [0.25, 0.3) is 10.9 Å². The molecule has 3 heteroatoms. The number of nitrogens with one attached hydrogen (secondary N) is 2. The lowest BCUT2D eigenvalue weighted by Crippen LogP contribution is -2.22. The Morgan fingerprint density at radius 3 is 3.00 bits per heavy atom. The Kier molecular flexibility index (Phi) is 3.97. The minimum absolute atomic E-state index is 0.0104. The third-order valence-corrected chi connectivity index (χ3v) is 3.90. The van der Waals surface area contributed by atoms with Gasteiger partial charge in [-0.2, -0.15) is 0 Å². The highest BCUT2D eigenvalue weighted by molar-refractivity contribution is 5.78. The highest BCUT2D eigenvalue weighted by atomic mass is 16.1. The lowest BCUT2D eigenvalue weighted by atomic mass is 10.1. The zero-order valence-corrected chi connectivity index (χ0v) is 11.6. The van der Waals surface area contributed by atoms with Crippen LogP contribution < -0.4 is 10.9 Å². The predicted octanol–water partition coefficient (Wildman–Crippen LogP) is 3.12. The number of hydrogen-bond acceptors (Lipinski definition) is 2. The summed E-state index contributed by atoms with van der Waals surface area (Å²) in [6.07, 6.45) is 7.24. The molecule has 0 fully saturated rings. The third-order valence-electron chi connectivity index (χ3n) is 3.90. The fourth-order valence-corrected chi connectivity index (χ4v) is 2.76. The highest BCUT2D eigenvalue weighted by Gasteiger charge is 2.05. The highest BCUT2D eigenvalue weighted by Crippen LogP contribution is 2.19. The molecule has 0 atom stereocenters. The number of pyridine rings is 1. The molecule has 0 spiro atoms. The lowest BCUT2D eigenvalue weighted by molar-refractivity contribution is 0.672. The van der Waals surface area contributed by atoms with Crippen LogP contribution in [0.5, 0.6) is 0 Å². The Morgan fingerprint density at radius 1 is 1.25 bits per heavy atom. The molecule has 2 aromatic rings. The van der Waals surface area contributed by atoms with E-state index in [0.717, 1.165) is 29.4 Å². The van der Waals surface area contributed by atoms with Crippen LogP contribution in [0.3, 0.4) is 0 Å². The van der Waals surface area contributed by atoms with Crippen molar-refractivity contribution in [3.05, 3.63) is 57.9 Å². The molecule has 1 aliphatic rings. The number of aromatic amines is 1. The summed E-state index contributed by atoms with van der Waals surface area (Å²) in [5, 5.41) is 4.46. The number of hydrogen-bond donors (Lipinski definition) is 2. The molecule has 3 rings (SSSR count). The molecule has 0 radical (unpaired) electrons. The van der Waals surface area contributed by atoms with Gasteiger partial charge < -0.3 is 10.3 Å². The maximum atomic E-state index is 12.0. The van der Waals surface area contributed by atoms with Gasteiger partial charge in [-0.1, -0.05) is 29.8 Å². The zero-order valence-electron chi connectivity index (χ0n) is 11.6. The fourth-order valence-electron chi connectivity index (χ4n) is 2.76. The lowest BCUT2D eigenvalue weighted by Gasteiger charge is -2.06. The van der Waals surface area contributed by atoms with Gasteiger partial charge in [0.1, 0.15) is 0 Å². The van der Waals surface area contributed by atoms with Crippen LogP contribution >= 0.6 is 0 Å². The molecule has 0 amide bonds. The van der Waals surface area contributed by atoms with Gasteiger partial charge in [-0.3, -0.25) is 4.79 Å². The Bertz CT molecular complexity index is 685. The van der Waals surface area contributed by atoms with Crippen LogP contribution in [0, 0.1) is 0 Å². The third kappa shape index (κ3) is 2.99. The summed E-state index contributed by atoms with van der Waals surface area (Å²) < 4.78 is 0. The molecule has 0 bridgehead atoms. The van der Waals surface area contributed by atoms with E-state index in [2.05, 4.69) is 16.4 Å². The number of H-pyrrole nitrogens is 1. The van der Waals surface area contributed by atoms with Crippen molar-refractivity contribution >= 4 is 10.9 Å². The molecule has 0 saturated carbocycles. The molecule has 0 saturated heterocycles. The first-order chi connectivity index (χ1) is 9.83. The SMILES string of the molecule is O=c1[nH]c2ccccc2cc1CNCCC1=CCCC1. The van der Waals surface area contributed by atoms with E-state index in [4.69, 9.17) is 0 Å². The molecule has 1 heterocycles. The van der Waals surface area contributed by atoms with Crippen molar-refractivity contribution in [2.45, 2.75) is 32.2 Å². The number of para-hydroxylation sites is 1. The summed E-state index contributed by atoms with van der Waals surface area (Å²) >= 11 is 0. The second kappa shape index (κ2) is 6.06. The number of aromatic nitrogens is 1.